The first kappa shape index (κ1) is 20.8. The summed E-state index contributed by atoms with van der Waals surface area (Å²) in [5, 5.41) is 31.0. The number of hydrogen-bond donors (Lipinski definition) is 3. The molecule has 7 heteroatoms. The Balaban J connectivity index is 1.43. The lowest BCUT2D eigenvalue weighted by atomic mass is 9.88. The molecular weight excluding hydrogens is 419 g/mol. The molecule has 2 saturated heterocycles. The Morgan fingerprint density at radius 3 is 2.58 bits per heavy atom. The van der Waals surface area contributed by atoms with Gasteiger partial charge in [0.05, 0.1) is 6.61 Å². The summed E-state index contributed by atoms with van der Waals surface area (Å²) in [6, 6.07) is 16.2. The molecule has 5 atom stereocenters. The quantitative estimate of drug-likeness (QED) is 0.579. The summed E-state index contributed by atoms with van der Waals surface area (Å²) >= 11 is 1.64. The Hall–Kier alpha value is -2.13. The van der Waals surface area contributed by atoms with Gasteiger partial charge in [-0.3, -0.25) is 0 Å². The molecule has 1 unspecified atom stereocenters. The minimum absolute atomic E-state index is 0.102. The summed E-state index contributed by atoms with van der Waals surface area (Å²) in [6.45, 7) is 2.12. The highest BCUT2D eigenvalue weighted by atomic mass is 32.1. The SMILES string of the molecule is Cc1ccc(C23OC[C@@H](O2)[C@@H](O)[C@H](O)[C@H]3O)cc1Cc1ccc(-c2ccc(F)cc2)s1. The molecule has 0 spiro atoms. The number of ether oxygens (including phenoxy) is 2. The van der Waals surface area contributed by atoms with Gasteiger partial charge in [-0.1, -0.05) is 24.3 Å². The molecule has 3 aromatic rings. The lowest BCUT2D eigenvalue weighted by molar-refractivity contribution is -0.302. The minimum atomic E-state index is -1.49. The van der Waals surface area contributed by atoms with Gasteiger partial charge in [0.25, 0.3) is 0 Å². The fraction of sp³-hybridized carbons (Fsp3) is 0.333. The summed E-state index contributed by atoms with van der Waals surface area (Å²) in [4.78, 5) is 2.20. The van der Waals surface area contributed by atoms with Crippen LogP contribution in [0.5, 0.6) is 0 Å². The average molecular weight is 443 g/mol. The lowest BCUT2D eigenvalue weighted by Crippen LogP contribution is -2.58. The van der Waals surface area contributed by atoms with E-state index in [-0.39, 0.29) is 12.4 Å². The van der Waals surface area contributed by atoms with Gasteiger partial charge in [0.2, 0.25) is 5.79 Å². The maximum Gasteiger partial charge on any atom is 0.225 e. The van der Waals surface area contributed by atoms with E-state index in [9.17, 15) is 19.7 Å². The van der Waals surface area contributed by atoms with Crippen molar-refractivity contribution in [1.82, 2.24) is 0 Å². The van der Waals surface area contributed by atoms with Crippen LogP contribution in [-0.4, -0.2) is 46.3 Å². The van der Waals surface area contributed by atoms with E-state index in [1.807, 2.05) is 31.2 Å². The smallest absolute Gasteiger partial charge is 0.225 e. The number of rotatable bonds is 4. The van der Waals surface area contributed by atoms with Crippen molar-refractivity contribution in [3.05, 3.63) is 82.0 Å². The summed E-state index contributed by atoms with van der Waals surface area (Å²) in [5.74, 6) is -1.74. The average Bonchev–Trinajstić information content (AvgIpc) is 3.40. The fourth-order valence-electron chi connectivity index (χ4n) is 4.28. The fourth-order valence-corrected chi connectivity index (χ4v) is 5.32. The number of aryl methyl sites for hydroxylation is 1. The molecule has 3 N–H and O–H groups in total. The highest BCUT2D eigenvalue weighted by Crippen LogP contribution is 2.45. The highest BCUT2D eigenvalue weighted by molar-refractivity contribution is 7.15. The zero-order chi connectivity index (χ0) is 21.8. The Kier molecular flexibility index (Phi) is 5.21. The van der Waals surface area contributed by atoms with Gasteiger partial charge in [-0.15, -0.1) is 11.3 Å². The molecule has 2 fully saturated rings. The van der Waals surface area contributed by atoms with Crippen LogP contribution in [0.3, 0.4) is 0 Å². The van der Waals surface area contributed by atoms with Crippen molar-refractivity contribution in [1.29, 1.82) is 0 Å². The van der Waals surface area contributed by atoms with E-state index in [4.69, 9.17) is 9.47 Å². The second-order valence-corrected chi connectivity index (χ2v) is 9.32. The molecule has 31 heavy (non-hydrogen) atoms. The molecule has 162 valence electrons. The Bertz CT molecular complexity index is 1100. The molecule has 1 aromatic heterocycles. The molecule has 2 aliphatic rings. The molecule has 2 aliphatic heterocycles. The summed E-state index contributed by atoms with van der Waals surface area (Å²) < 4.78 is 24.9. The van der Waals surface area contributed by atoms with E-state index in [0.717, 1.165) is 26.4 Å². The van der Waals surface area contributed by atoms with E-state index in [2.05, 4.69) is 6.07 Å². The zero-order valence-electron chi connectivity index (χ0n) is 16.9. The minimum Gasteiger partial charge on any atom is -0.387 e. The molecular formula is C24H23FO5S. The van der Waals surface area contributed by atoms with E-state index < -0.39 is 30.2 Å². The van der Waals surface area contributed by atoms with Gasteiger partial charge in [0, 0.05) is 21.7 Å². The summed E-state index contributed by atoms with van der Waals surface area (Å²) in [5.41, 5.74) is 3.71. The van der Waals surface area contributed by atoms with Gasteiger partial charge in [0.1, 0.15) is 30.2 Å². The van der Waals surface area contributed by atoms with Crippen LogP contribution in [0.25, 0.3) is 10.4 Å². The summed E-state index contributed by atoms with van der Waals surface area (Å²) in [6.07, 6.45) is -3.94. The van der Waals surface area contributed by atoms with Crippen LogP contribution in [0.2, 0.25) is 0 Å². The van der Waals surface area contributed by atoms with Gasteiger partial charge >= 0.3 is 0 Å². The first-order valence-electron chi connectivity index (χ1n) is 10.2. The Labute approximate surface area is 183 Å². The summed E-state index contributed by atoms with van der Waals surface area (Å²) in [7, 11) is 0. The van der Waals surface area contributed by atoms with Crippen molar-refractivity contribution in [2.45, 2.75) is 43.5 Å². The number of halogens is 1. The predicted octanol–water partition coefficient (Wildman–Crippen LogP) is 3.12. The number of hydrogen-bond acceptors (Lipinski definition) is 6. The topological polar surface area (TPSA) is 79.2 Å². The second kappa shape index (κ2) is 7.78. The van der Waals surface area contributed by atoms with E-state index in [1.165, 1.54) is 12.1 Å². The number of aliphatic hydroxyl groups is 3. The van der Waals surface area contributed by atoms with Crippen molar-refractivity contribution in [2.75, 3.05) is 6.61 Å². The van der Waals surface area contributed by atoms with Crippen LogP contribution in [0, 0.1) is 12.7 Å². The number of benzene rings is 2. The monoisotopic (exact) mass is 442 g/mol. The van der Waals surface area contributed by atoms with Crippen LogP contribution in [0.15, 0.2) is 54.6 Å². The van der Waals surface area contributed by atoms with Crippen molar-refractivity contribution < 1.29 is 29.2 Å². The predicted molar refractivity (Wildman–Crippen MR) is 114 cm³/mol. The van der Waals surface area contributed by atoms with E-state index >= 15 is 0 Å². The molecule has 5 nitrogen and oxygen atoms in total. The molecule has 0 amide bonds. The van der Waals surface area contributed by atoms with Gasteiger partial charge in [-0.25, -0.2) is 4.39 Å². The van der Waals surface area contributed by atoms with Crippen LogP contribution < -0.4 is 0 Å². The van der Waals surface area contributed by atoms with E-state index in [1.54, 1.807) is 23.5 Å². The van der Waals surface area contributed by atoms with Crippen LogP contribution in [0.1, 0.15) is 21.6 Å². The van der Waals surface area contributed by atoms with E-state index in [0.29, 0.717) is 12.0 Å². The van der Waals surface area contributed by atoms with Crippen LogP contribution in [-0.2, 0) is 21.7 Å². The van der Waals surface area contributed by atoms with Gasteiger partial charge in [-0.2, -0.15) is 0 Å². The lowest BCUT2D eigenvalue weighted by Gasteiger charge is -2.41. The highest BCUT2D eigenvalue weighted by Gasteiger charge is 2.60. The molecule has 2 bridgehead atoms. The standard InChI is InChI=1S/C24H23FO5S/c1-13-2-5-16(24-23(28)22(27)21(26)19(30-24)12-29-24)10-15(13)11-18-8-9-20(31-18)14-3-6-17(25)7-4-14/h2-10,19,21-23,26-28H,11-12H2,1H3/t19-,21-,22+,23-,24?/m1/s1. The Morgan fingerprint density at radius 1 is 1.03 bits per heavy atom. The maximum absolute atomic E-state index is 13.2. The first-order valence-corrected chi connectivity index (χ1v) is 11.0. The molecule has 5 rings (SSSR count). The van der Waals surface area contributed by atoms with Crippen molar-refractivity contribution in [2.24, 2.45) is 0 Å². The first-order chi connectivity index (χ1) is 14.9. The third kappa shape index (κ3) is 3.51. The molecule has 0 aliphatic carbocycles. The molecule has 0 radical (unpaired) electrons. The van der Waals surface area contributed by atoms with Gasteiger partial charge in [-0.05, 0) is 53.9 Å². The van der Waals surface area contributed by atoms with Crippen LogP contribution >= 0.6 is 11.3 Å². The molecule has 2 aromatic carbocycles. The normalized spacial score (nSPS) is 30.0. The maximum atomic E-state index is 13.2. The van der Waals surface area contributed by atoms with Crippen LogP contribution in [0.4, 0.5) is 4.39 Å². The third-order valence-electron chi connectivity index (χ3n) is 6.14. The number of aliphatic hydroxyl groups excluding tert-OH is 3. The van der Waals surface area contributed by atoms with Crippen molar-refractivity contribution in [3.8, 4) is 10.4 Å². The third-order valence-corrected chi connectivity index (χ3v) is 7.27. The van der Waals surface area contributed by atoms with Gasteiger partial charge < -0.3 is 24.8 Å². The zero-order valence-corrected chi connectivity index (χ0v) is 17.7. The second-order valence-electron chi connectivity index (χ2n) is 8.15. The van der Waals surface area contributed by atoms with Crippen molar-refractivity contribution >= 4 is 11.3 Å². The largest absolute Gasteiger partial charge is 0.387 e. The Morgan fingerprint density at radius 2 is 1.81 bits per heavy atom. The number of thiophene rings is 1. The molecule has 0 saturated carbocycles. The number of fused-ring (bicyclic) bond motifs is 2. The van der Waals surface area contributed by atoms with Gasteiger partial charge in [0.15, 0.2) is 0 Å². The van der Waals surface area contributed by atoms with Crippen molar-refractivity contribution in [3.63, 3.8) is 0 Å². The molecule has 3 heterocycles.